The first-order valence-electron chi connectivity index (χ1n) is 4.58. The summed E-state index contributed by atoms with van der Waals surface area (Å²) < 4.78 is 0. The van der Waals surface area contributed by atoms with E-state index in [2.05, 4.69) is 22.9 Å². The van der Waals surface area contributed by atoms with Gasteiger partial charge in [0, 0.05) is 23.8 Å². The summed E-state index contributed by atoms with van der Waals surface area (Å²) in [5.74, 6) is 0.516. The van der Waals surface area contributed by atoms with Gasteiger partial charge in [-0.05, 0) is 12.8 Å². The van der Waals surface area contributed by atoms with Crippen LogP contribution in [-0.2, 0) is 4.79 Å². The quantitative estimate of drug-likeness (QED) is 0.669. The third-order valence-corrected chi connectivity index (χ3v) is 3.22. The van der Waals surface area contributed by atoms with Crippen molar-refractivity contribution >= 4 is 21.8 Å². The molecule has 1 aliphatic rings. The first kappa shape index (κ1) is 10.0. The van der Waals surface area contributed by atoms with Crippen LogP contribution in [0, 0.1) is 5.92 Å². The molecule has 1 saturated heterocycles. The minimum Gasteiger partial charge on any atom is -0.341 e. The maximum absolute atomic E-state index is 11.6. The van der Waals surface area contributed by atoms with E-state index in [0.717, 1.165) is 25.9 Å². The zero-order valence-corrected chi connectivity index (χ0v) is 9.30. The number of carbonyl (C=O) groups excluding carboxylic acids is 1. The second kappa shape index (κ2) is 4.26. The summed E-state index contributed by atoms with van der Waals surface area (Å²) in [7, 11) is 0. The van der Waals surface area contributed by atoms with Gasteiger partial charge in [-0.2, -0.15) is 0 Å². The molecule has 0 saturated carbocycles. The van der Waals surface area contributed by atoms with Crippen LogP contribution in [0.1, 0.15) is 26.7 Å². The molecule has 0 N–H and O–H groups in total. The van der Waals surface area contributed by atoms with Crippen LogP contribution in [0.25, 0.3) is 0 Å². The van der Waals surface area contributed by atoms with Gasteiger partial charge in [0.15, 0.2) is 0 Å². The smallest absolute Gasteiger partial charge is 0.225 e. The van der Waals surface area contributed by atoms with E-state index in [1.54, 1.807) is 0 Å². The molecule has 1 rings (SSSR count). The molecule has 1 fully saturated rings. The van der Waals surface area contributed by atoms with Crippen molar-refractivity contribution in [1.29, 1.82) is 0 Å². The zero-order chi connectivity index (χ0) is 9.14. The fourth-order valence-electron chi connectivity index (χ4n) is 1.40. The Hall–Kier alpha value is -0.0500. The van der Waals surface area contributed by atoms with E-state index in [0.29, 0.717) is 10.7 Å². The first-order chi connectivity index (χ1) is 5.65. The van der Waals surface area contributed by atoms with Gasteiger partial charge >= 0.3 is 0 Å². The molecule has 0 spiro atoms. The molecular formula is C9H16BrNO. The highest BCUT2D eigenvalue weighted by molar-refractivity contribution is 9.09. The van der Waals surface area contributed by atoms with Gasteiger partial charge in [-0.15, -0.1) is 0 Å². The zero-order valence-electron chi connectivity index (χ0n) is 7.72. The standard InChI is InChI=1S/C9H16BrNO/c1-3-7(2)9(12)11-5-4-8(10)6-11/h7-8H,3-6H2,1-2H3. The number of nitrogens with zero attached hydrogens (tertiary/aromatic N) is 1. The van der Waals surface area contributed by atoms with E-state index < -0.39 is 0 Å². The Bertz CT molecular complexity index is 172. The average Bonchev–Trinajstić information content (AvgIpc) is 2.49. The summed E-state index contributed by atoms with van der Waals surface area (Å²) in [5, 5.41) is 0. The number of amides is 1. The predicted molar refractivity (Wildman–Crippen MR) is 53.4 cm³/mol. The number of halogens is 1. The molecular weight excluding hydrogens is 218 g/mol. The molecule has 70 valence electrons. The molecule has 0 bridgehead atoms. The van der Waals surface area contributed by atoms with Crippen LogP contribution in [0.15, 0.2) is 0 Å². The van der Waals surface area contributed by atoms with E-state index in [-0.39, 0.29) is 5.92 Å². The lowest BCUT2D eigenvalue weighted by Gasteiger charge is -2.19. The number of likely N-dealkylation sites (tertiary alicyclic amines) is 1. The van der Waals surface area contributed by atoms with Gasteiger partial charge < -0.3 is 4.90 Å². The highest BCUT2D eigenvalue weighted by Gasteiger charge is 2.26. The Morgan fingerprint density at radius 1 is 1.75 bits per heavy atom. The van der Waals surface area contributed by atoms with Crippen molar-refractivity contribution in [3.63, 3.8) is 0 Å². The SMILES string of the molecule is CCC(C)C(=O)N1CCC(Br)C1. The van der Waals surface area contributed by atoms with Crippen LogP contribution >= 0.6 is 15.9 Å². The van der Waals surface area contributed by atoms with Crippen molar-refractivity contribution in [2.75, 3.05) is 13.1 Å². The predicted octanol–water partition coefficient (Wildman–Crippen LogP) is 2.03. The summed E-state index contributed by atoms with van der Waals surface area (Å²) >= 11 is 3.52. The van der Waals surface area contributed by atoms with Crippen LogP contribution in [0.4, 0.5) is 0 Å². The number of carbonyl (C=O) groups is 1. The van der Waals surface area contributed by atoms with E-state index in [1.807, 2.05) is 11.8 Å². The van der Waals surface area contributed by atoms with Gasteiger partial charge in [0.1, 0.15) is 0 Å². The van der Waals surface area contributed by atoms with Crippen LogP contribution < -0.4 is 0 Å². The van der Waals surface area contributed by atoms with Crippen LogP contribution in [0.5, 0.6) is 0 Å². The molecule has 1 amide bonds. The van der Waals surface area contributed by atoms with E-state index in [4.69, 9.17) is 0 Å². The van der Waals surface area contributed by atoms with E-state index in [9.17, 15) is 4.79 Å². The highest BCUT2D eigenvalue weighted by atomic mass is 79.9. The second-order valence-corrected chi connectivity index (χ2v) is 4.77. The minimum atomic E-state index is 0.197. The lowest BCUT2D eigenvalue weighted by molar-refractivity contribution is -0.133. The molecule has 1 heterocycles. The summed E-state index contributed by atoms with van der Waals surface area (Å²) in [4.78, 5) is 14.1. The van der Waals surface area contributed by atoms with Crippen molar-refractivity contribution in [1.82, 2.24) is 4.90 Å². The molecule has 2 nitrogen and oxygen atoms in total. The minimum absolute atomic E-state index is 0.197. The maximum Gasteiger partial charge on any atom is 0.225 e. The van der Waals surface area contributed by atoms with Crippen molar-refractivity contribution in [2.24, 2.45) is 5.92 Å². The van der Waals surface area contributed by atoms with Crippen LogP contribution in [0.3, 0.4) is 0 Å². The third kappa shape index (κ3) is 2.22. The Morgan fingerprint density at radius 2 is 2.42 bits per heavy atom. The average molecular weight is 234 g/mol. The Morgan fingerprint density at radius 3 is 2.83 bits per heavy atom. The van der Waals surface area contributed by atoms with Gasteiger partial charge in [-0.1, -0.05) is 29.8 Å². The lowest BCUT2D eigenvalue weighted by Crippen LogP contribution is -2.33. The number of alkyl halides is 1. The second-order valence-electron chi connectivity index (χ2n) is 3.48. The Balaban J connectivity index is 2.43. The summed E-state index contributed by atoms with van der Waals surface area (Å²) in [6.07, 6.45) is 2.05. The van der Waals surface area contributed by atoms with E-state index in [1.165, 1.54) is 0 Å². The van der Waals surface area contributed by atoms with Crippen LogP contribution in [-0.4, -0.2) is 28.7 Å². The molecule has 0 aliphatic carbocycles. The van der Waals surface area contributed by atoms with Crippen molar-refractivity contribution in [3.05, 3.63) is 0 Å². The molecule has 0 radical (unpaired) electrons. The molecule has 0 aromatic carbocycles. The normalized spacial score (nSPS) is 25.9. The van der Waals surface area contributed by atoms with Crippen molar-refractivity contribution in [2.45, 2.75) is 31.5 Å². The third-order valence-electron chi connectivity index (χ3n) is 2.48. The lowest BCUT2D eigenvalue weighted by atomic mass is 10.1. The molecule has 2 unspecified atom stereocenters. The molecule has 0 aromatic rings. The van der Waals surface area contributed by atoms with E-state index >= 15 is 0 Å². The summed E-state index contributed by atoms with van der Waals surface area (Å²) in [6, 6.07) is 0. The highest BCUT2D eigenvalue weighted by Crippen LogP contribution is 2.19. The topological polar surface area (TPSA) is 20.3 Å². The van der Waals surface area contributed by atoms with Gasteiger partial charge in [0.05, 0.1) is 0 Å². The fraction of sp³-hybridized carbons (Fsp3) is 0.889. The molecule has 3 heteroatoms. The summed E-state index contributed by atoms with van der Waals surface area (Å²) in [6.45, 7) is 5.89. The molecule has 0 aromatic heterocycles. The maximum atomic E-state index is 11.6. The Kier molecular flexibility index (Phi) is 3.56. The van der Waals surface area contributed by atoms with Gasteiger partial charge in [-0.3, -0.25) is 4.79 Å². The van der Waals surface area contributed by atoms with Gasteiger partial charge in [0.25, 0.3) is 0 Å². The Labute approximate surface area is 82.4 Å². The monoisotopic (exact) mass is 233 g/mol. The van der Waals surface area contributed by atoms with Crippen LogP contribution in [0.2, 0.25) is 0 Å². The first-order valence-corrected chi connectivity index (χ1v) is 5.49. The summed E-state index contributed by atoms with van der Waals surface area (Å²) in [5.41, 5.74) is 0. The van der Waals surface area contributed by atoms with Crippen molar-refractivity contribution in [3.8, 4) is 0 Å². The number of hydrogen-bond acceptors (Lipinski definition) is 1. The molecule has 1 aliphatic heterocycles. The molecule has 12 heavy (non-hydrogen) atoms. The number of hydrogen-bond donors (Lipinski definition) is 0. The fourth-order valence-corrected chi connectivity index (χ4v) is 1.96. The van der Waals surface area contributed by atoms with Gasteiger partial charge in [-0.25, -0.2) is 0 Å². The van der Waals surface area contributed by atoms with Crippen molar-refractivity contribution < 1.29 is 4.79 Å². The molecule has 2 atom stereocenters. The van der Waals surface area contributed by atoms with Gasteiger partial charge in [0.2, 0.25) is 5.91 Å². The largest absolute Gasteiger partial charge is 0.341 e. The number of rotatable bonds is 2.